The third-order valence-corrected chi connectivity index (χ3v) is 8.54. The Kier molecular flexibility index (Phi) is 8.46. The van der Waals surface area contributed by atoms with Crippen LogP contribution in [0.3, 0.4) is 0 Å². The molecule has 5 rings (SSSR count). The molecule has 1 atom stereocenters. The SMILES string of the molecule is CC(C)CCN(Cc1nc2ccccc2n1CC1CC1)C(=O)c1cccc(CN2CCC(C)CC(C)(C)C2)c1. The van der Waals surface area contributed by atoms with Gasteiger partial charge in [-0.3, -0.25) is 9.69 Å². The van der Waals surface area contributed by atoms with E-state index in [2.05, 4.69) is 86.6 Å². The summed E-state index contributed by atoms with van der Waals surface area (Å²) in [7, 11) is 0. The normalized spacial score (nSPS) is 19.9. The van der Waals surface area contributed by atoms with Crippen LogP contribution in [-0.4, -0.2) is 44.9 Å². The lowest BCUT2D eigenvalue weighted by Gasteiger charge is -2.30. The fourth-order valence-electron chi connectivity index (χ4n) is 6.42. The molecule has 1 aromatic heterocycles. The molecule has 0 radical (unpaired) electrons. The summed E-state index contributed by atoms with van der Waals surface area (Å²) in [6.07, 6.45) is 6.09. The molecule has 0 bridgehead atoms. The number of imidazole rings is 1. The van der Waals surface area contributed by atoms with E-state index in [1.807, 2.05) is 11.0 Å². The number of fused-ring (bicyclic) bond motifs is 1. The summed E-state index contributed by atoms with van der Waals surface area (Å²) in [6.45, 7) is 17.1. The van der Waals surface area contributed by atoms with Crippen molar-refractivity contribution in [1.29, 1.82) is 0 Å². The van der Waals surface area contributed by atoms with Crippen LogP contribution in [0.2, 0.25) is 0 Å². The molecule has 3 aromatic rings. The third-order valence-electron chi connectivity index (χ3n) is 8.54. The Morgan fingerprint density at radius 2 is 1.90 bits per heavy atom. The van der Waals surface area contributed by atoms with Crippen LogP contribution in [0.5, 0.6) is 0 Å². The van der Waals surface area contributed by atoms with Crippen molar-refractivity contribution < 1.29 is 4.79 Å². The van der Waals surface area contributed by atoms with E-state index in [9.17, 15) is 4.79 Å². The third kappa shape index (κ3) is 7.30. The van der Waals surface area contributed by atoms with Crippen LogP contribution in [0.15, 0.2) is 48.5 Å². The maximum absolute atomic E-state index is 14.0. The predicted molar refractivity (Wildman–Crippen MR) is 161 cm³/mol. The first kappa shape index (κ1) is 27.9. The number of carbonyl (C=O) groups is 1. The van der Waals surface area contributed by atoms with E-state index in [4.69, 9.17) is 4.98 Å². The van der Waals surface area contributed by atoms with Crippen molar-refractivity contribution in [3.8, 4) is 0 Å². The van der Waals surface area contributed by atoms with Crippen molar-refractivity contribution in [2.45, 2.75) is 86.4 Å². The van der Waals surface area contributed by atoms with Crippen LogP contribution in [-0.2, 0) is 19.6 Å². The van der Waals surface area contributed by atoms with Gasteiger partial charge in [-0.1, -0.05) is 58.9 Å². The summed E-state index contributed by atoms with van der Waals surface area (Å²) < 4.78 is 2.38. The van der Waals surface area contributed by atoms with Gasteiger partial charge in [-0.2, -0.15) is 0 Å². The van der Waals surface area contributed by atoms with E-state index >= 15 is 0 Å². The van der Waals surface area contributed by atoms with Gasteiger partial charge in [0.25, 0.3) is 5.91 Å². The van der Waals surface area contributed by atoms with Gasteiger partial charge >= 0.3 is 0 Å². The number of hydrogen-bond acceptors (Lipinski definition) is 3. The van der Waals surface area contributed by atoms with E-state index in [-0.39, 0.29) is 5.91 Å². The van der Waals surface area contributed by atoms with Crippen LogP contribution in [0, 0.1) is 23.2 Å². The molecule has 2 fully saturated rings. The van der Waals surface area contributed by atoms with Gasteiger partial charge < -0.3 is 9.47 Å². The molecule has 1 saturated carbocycles. The Morgan fingerprint density at radius 3 is 2.67 bits per heavy atom. The summed E-state index contributed by atoms with van der Waals surface area (Å²) in [5.41, 5.74) is 4.57. The lowest BCUT2D eigenvalue weighted by atomic mass is 9.83. The molecule has 1 saturated heterocycles. The maximum Gasteiger partial charge on any atom is 0.254 e. The standard InChI is InChI=1S/C34H48N4O/c1-25(2)15-18-37(23-32-35-30-11-6-7-12-31(30)38(32)22-27-13-14-27)33(39)29-10-8-9-28(19-29)21-36-17-16-26(3)20-34(4,5)24-36/h6-12,19,25-27H,13-18,20-24H2,1-5H3. The summed E-state index contributed by atoms with van der Waals surface area (Å²) in [4.78, 5) is 23.7. The fraction of sp³-hybridized carbons (Fsp3) is 0.588. The smallest absolute Gasteiger partial charge is 0.254 e. The maximum atomic E-state index is 14.0. The molecule has 0 N–H and O–H groups in total. The molecule has 5 heteroatoms. The zero-order chi connectivity index (χ0) is 27.6. The van der Waals surface area contributed by atoms with Gasteiger partial charge in [0.15, 0.2) is 0 Å². The highest BCUT2D eigenvalue weighted by Crippen LogP contribution is 2.33. The first-order chi connectivity index (χ1) is 18.7. The quantitative estimate of drug-likeness (QED) is 0.275. The second-order valence-corrected chi connectivity index (χ2v) is 13.7. The second kappa shape index (κ2) is 11.8. The molecule has 5 nitrogen and oxygen atoms in total. The minimum Gasteiger partial charge on any atom is -0.331 e. The van der Waals surface area contributed by atoms with Crippen LogP contribution in [0.25, 0.3) is 11.0 Å². The Bertz CT molecular complexity index is 1270. The van der Waals surface area contributed by atoms with E-state index in [0.717, 1.165) is 67.9 Å². The molecule has 1 amide bonds. The molecule has 0 spiro atoms. The molecule has 2 heterocycles. The largest absolute Gasteiger partial charge is 0.331 e. The van der Waals surface area contributed by atoms with E-state index in [1.165, 1.54) is 36.8 Å². The lowest BCUT2D eigenvalue weighted by molar-refractivity contribution is 0.0729. The minimum atomic E-state index is 0.118. The fourth-order valence-corrected chi connectivity index (χ4v) is 6.42. The Balaban J connectivity index is 1.37. The molecule has 1 unspecified atom stereocenters. The van der Waals surface area contributed by atoms with Crippen molar-refractivity contribution in [2.24, 2.45) is 23.2 Å². The molecular formula is C34H48N4O. The summed E-state index contributed by atoms with van der Waals surface area (Å²) in [6, 6.07) is 16.8. The zero-order valence-electron chi connectivity index (χ0n) is 24.8. The monoisotopic (exact) mass is 528 g/mol. The van der Waals surface area contributed by atoms with Crippen molar-refractivity contribution in [1.82, 2.24) is 19.4 Å². The van der Waals surface area contributed by atoms with Crippen LogP contribution >= 0.6 is 0 Å². The molecule has 2 aliphatic rings. The number of rotatable bonds is 10. The van der Waals surface area contributed by atoms with Gasteiger partial charge in [-0.05, 0) is 91.6 Å². The van der Waals surface area contributed by atoms with Gasteiger partial charge in [-0.25, -0.2) is 4.98 Å². The highest BCUT2D eigenvalue weighted by Gasteiger charge is 2.29. The minimum absolute atomic E-state index is 0.118. The molecule has 1 aliphatic heterocycles. The van der Waals surface area contributed by atoms with E-state index in [1.54, 1.807) is 0 Å². The molecule has 210 valence electrons. The number of likely N-dealkylation sites (tertiary alicyclic amines) is 1. The van der Waals surface area contributed by atoms with Gasteiger partial charge in [0.05, 0.1) is 17.6 Å². The number of nitrogens with zero attached hydrogens (tertiary/aromatic N) is 4. The first-order valence-electron chi connectivity index (χ1n) is 15.2. The summed E-state index contributed by atoms with van der Waals surface area (Å²) in [5.74, 6) is 3.16. The Labute approximate surface area is 235 Å². The van der Waals surface area contributed by atoms with Crippen LogP contribution in [0.1, 0.15) is 88.5 Å². The molecule has 2 aromatic carbocycles. The number of aromatic nitrogens is 2. The Hall–Kier alpha value is -2.66. The van der Waals surface area contributed by atoms with Crippen LogP contribution in [0.4, 0.5) is 0 Å². The van der Waals surface area contributed by atoms with E-state index in [0.29, 0.717) is 17.9 Å². The topological polar surface area (TPSA) is 41.4 Å². The average Bonchev–Trinajstić information content (AvgIpc) is 3.66. The van der Waals surface area contributed by atoms with Crippen molar-refractivity contribution in [3.63, 3.8) is 0 Å². The van der Waals surface area contributed by atoms with Gasteiger partial charge in [0, 0.05) is 31.7 Å². The number of carbonyl (C=O) groups excluding carboxylic acids is 1. The van der Waals surface area contributed by atoms with Crippen molar-refractivity contribution in [2.75, 3.05) is 19.6 Å². The van der Waals surface area contributed by atoms with Gasteiger partial charge in [0.1, 0.15) is 5.82 Å². The molecule has 39 heavy (non-hydrogen) atoms. The van der Waals surface area contributed by atoms with Crippen molar-refractivity contribution in [3.05, 3.63) is 65.5 Å². The number of hydrogen-bond donors (Lipinski definition) is 0. The highest BCUT2D eigenvalue weighted by atomic mass is 16.2. The van der Waals surface area contributed by atoms with Gasteiger partial charge in [0.2, 0.25) is 0 Å². The number of amides is 1. The molecular weight excluding hydrogens is 480 g/mol. The average molecular weight is 529 g/mol. The lowest BCUT2D eigenvalue weighted by Crippen LogP contribution is -2.34. The second-order valence-electron chi connectivity index (χ2n) is 13.7. The highest BCUT2D eigenvalue weighted by molar-refractivity contribution is 5.94. The number of para-hydroxylation sites is 2. The van der Waals surface area contributed by atoms with Gasteiger partial charge in [-0.15, -0.1) is 0 Å². The van der Waals surface area contributed by atoms with Crippen LogP contribution < -0.4 is 0 Å². The van der Waals surface area contributed by atoms with E-state index < -0.39 is 0 Å². The molecule has 1 aliphatic carbocycles. The summed E-state index contributed by atoms with van der Waals surface area (Å²) >= 11 is 0. The predicted octanol–water partition coefficient (Wildman–Crippen LogP) is 7.39. The zero-order valence-corrected chi connectivity index (χ0v) is 24.8. The van der Waals surface area contributed by atoms with Crippen molar-refractivity contribution >= 4 is 16.9 Å². The first-order valence-corrected chi connectivity index (χ1v) is 15.2. The Morgan fingerprint density at radius 1 is 1.10 bits per heavy atom. The summed E-state index contributed by atoms with van der Waals surface area (Å²) in [5, 5.41) is 0. The number of benzene rings is 2.